The molecule has 2 heterocycles. The van der Waals surface area contributed by atoms with Gasteiger partial charge in [-0.1, -0.05) is 23.4 Å². The van der Waals surface area contributed by atoms with E-state index in [-0.39, 0.29) is 35.5 Å². The summed E-state index contributed by atoms with van der Waals surface area (Å²) in [4.78, 5) is 12.6. The molecule has 1 atom stereocenters. The Bertz CT molecular complexity index is 1660. The van der Waals surface area contributed by atoms with Crippen LogP contribution in [-0.4, -0.2) is 41.6 Å². The highest BCUT2D eigenvalue weighted by Gasteiger charge is 2.28. The van der Waals surface area contributed by atoms with Gasteiger partial charge < -0.3 is 5.32 Å². The molecule has 4 aromatic rings. The van der Waals surface area contributed by atoms with Crippen molar-refractivity contribution in [3.63, 3.8) is 0 Å². The molecular formula is C28H26BrF2N5O3S. The second-order valence-electron chi connectivity index (χ2n) is 9.58. The largest absolute Gasteiger partial charge is 0.326 e. The molecule has 1 amide bonds. The van der Waals surface area contributed by atoms with E-state index in [2.05, 4.69) is 31.6 Å². The summed E-state index contributed by atoms with van der Waals surface area (Å²) in [6.07, 6.45) is 2.86. The number of nitrogens with zero attached hydrogens (tertiary/aromatic N) is 4. The Labute approximate surface area is 239 Å². The number of hydrogen-bond donors (Lipinski definition) is 1. The van der Waals surface area contributed by atoms with Crippen LogP contribution in [0.1, 0.15) is 36.9 Å². The molecule has 40 heavy (non-hydrogen) atoms. The van der Waals surface area contributed by atoms with E-state index in [9.17, 15) is 22.0 Å². The molecule has 1 aromatic heterocycles. The predicted molar refractivity (Wildman–Crippen MR) is 152 cm³/mol. The average molecular weight is 631 g/mol. The van der Waals surface area contributed by atoms with Crippen LogP contribution >= 0.6 is 15.9 Å². The molecular weight excluding hydrogens is 604 g/mol. The number of anilines is 2. The molecule has 1 aliphatic rings. The first-order chi connectivity index (χ1) is 19.1. The normalized spacial score (nSPS) is 15.2. The summed E-state index contributed by atoms with van der Waals surface area (Å²) in [5, 5.41) is 11.0. The summed E-state index contributed by atoms with van der Waals surface area (Å²) in [6.45, 7) is 2.35. The minimum atomic E-state index is -3.24. The van der Waals surface area contributed by atoms with Crippen molar-refractivity contribution in [3.05, 3.63) is 94.1 Å². The van der Waals surface area contributed by atoms with Crippen LogP contribution in [0.15, 0.2) is 71.3 Å². The molecule has 0 radical (unpaired) electrons. The second kappa shape index (κ2) is 11.5. The summed E-state index contributed by atoms with van der Waals surface area (Å²) in [6, 6.07) is 15.8. The average Bonchev–Trinajstić information content (AvgIpc) is 3.56. The molecule has 0 saturated carbocycles. The summed E-state index contributed by atoms with van der Waals surface area (Å²) in [7, 11) is -3.24. The van der Waals surface area contributed by atoms with Crippen LogP contribution in [0, 0.1) is 11.6 Å². The number of aromatic nitrogens is 3. The lowest BCUT2D eigenvalue weighted by atomic mass is 10.1. The number of carbonyl (C=O) groups is 1. The van der Waals surface area contributed by atoms with Crippen LogP contribution in [0.3, 0.4) is 0 Å². The molecule has 0 unspecified atom stereocenters. The number of carbonyl (C=O) groups excluding carboxylic acids is 1. The number of hydrogen-bond acceptors (Lipinski definition) is 5. The summed E-state index contributed by atoms with van der Waals surface area (Å²) >= 11 is 3.18. The minimum Gasteiger partial charge on any atom is -0.326 e. The Balaban J connectivity index is 1.22. The highest BCUT2D eigenvalue weighted by Crippen LogP contribution is 2.28. The fourth-order valence-corrected chi connectivity index (χ4v) is 6.51. The molecule has 1 aliphatic heterocycles. The lowest BCUT2D eigenvalue weighted by molar-refractivity contribution is -0.116. The van der Waals surface area contributed by atoms with Gasteiger partial charge in [-0.2, -0.15) is 0 Å². The Kier molecular flexibility index (Phi) is 7.99. The van der Waals surface area contributed by atoms with Crippen LogP contribution in [0.5, 0.6) is 0 Å². The van der Waals surface area contributed by atoms with E-state index in [1.165, 1.54) is 28.6 Å². The van der Waals surface area contributed by atoms with Gasteiger partial charge in [0.05, 0.1) is 28.2 Å². The Hall–Kier alpha value is -3.64. The lowest BCUT2D eigenvalue weighted by Crippen LogP contribution is -2.24. The van der Waals surface area contributed by atoms with E-state index < -0.39 is 15.8 Å². The van der Waals surface area contributed by atoms with Crippen LogP contribution in [0.2, 0.25) is 0 Å². The molecule has 12 heteroatoms. The van der Waals surface area contributed by atoms with E-state index in [0.29, 0.717) is 40.9 Å². The Morgan fingerprint density at radius 1 is 1.07 bits per heavy atom. The van der Waals surface area contributed by atoms with E-state index in [1.54, 1.807) is 35.1 Å². The van der Waals surface area contributed by atoms with E-state index in [1.807, 2.05) is 19.1 Å². The zero-order chi connectivity index (χ0) is 28.4. The highest BCUT2D eigenvalue weighted by atomic mass is 79.9. The fourth-order valence-electron chi connectivity index (χ4n) is 4.55. The molecule has 1 fully saturated rings. The van der Waals surface area contributed by atoms with Gasteiger partial charge in [0.1, 0.15) is 17.3 Å². The third kappa shape index (κ3) is 6.07. The third-order valence-electron chi connectivity index (χ3n) is 6.82. The monoisotopic (exact) mass is 629 g/mol. The summed E-state index contributed by atoms with van der Waals surface area (Å²) < 4.78 is 55.9. The molecule has 0 aliphatic carbocycles. The van der Waals surface area contributed by atoms with Crippen LogP contribution < -0.4 is 9.62 Å². The second-order valence-corrected chi connectivity index (χ2v) is 12.5. The van der Waals surface area contributed by atoms with Crippen molar-refractivity contribution >= 4 is 43.2 Å². The fraction of sp³-hybridized carbons (Fsp3) is 0.250. The number of halogens is 3. The molecule has 3 aromatic carbocycles. The molecule has 0 spiro atoms. The van der Waals surface area contributed by atoms with Crippen molar-refractivity contribution < 1.29 is 22.0 Å². The molecule has 1 N–H and O–H groups in total. The van der Waals surface area contributed by atoms with E-state index in [0.717, 1.165) is 11.1 Å². The van der Waals surface area contributed by atoms with Gasteiger partial charge in [0.25, 0.3) is 0 Å². The molecule has 8 nitrogen and oxygen atoms in total. The van der Waals surface area contributed by atoms with Gasteiger partial charge in [-0.05, 0) is 89.3 Å². The van der Waals surface area contributed by atoms with Gasteiger partial charge in [-0.15, -0.1) is 5.10 Å². The summed E-state index contributed by atoms with van der Waals surface area (Å²) in [5.74, 6) is -0.972. The lowest BCUT2D eigenvalue weighted by Gasteiger charge is -2.17. The van der Waals surface area contributed by atoms with Gasteiger partial charge in [0.15, 0.2) is 0 Å². The van der Waals surface area contributed by atoms with E-state index >= 15 is 0 Å². The minimum absolute atomic E-state index is 0.158. The first kappa shape index (κ1) is 27.9. The molecule has 0 bridgehead atoms. The number of aryl methyl sites for hydroxylation is 1. The molecule has 1 saturated heterocycles. The maximum atomic E-state index is 14.7. The summed E-state index contributed by atoms with van der Waals surface area (Å²) in [5.41, 5.74) is 3.21. The maximum Gasteiger partial charge on any atom is 0.235 e. The predicted octanol–water partition coefficient (Wildman–Crippen LogP) is 5.71. The first-order valence-electron chi connectivity index (χ1n) is 12.7. The maximum absolute atomic E-state index is 14.7. The van der Waals surface area contributed by atoms with Crippen molar-refractivity contribution in [1.82, 2.24) is 15.0 Å². The van der Waals surface area contributed by atoms with Gasteiger partial charge in [0.2, 0.25) is 15.9 Å². The third-order valence-corrected chi connectivity index (χ3v) is 9.30. The zero-order valence-corrected chi connectivity index (χ0v) is 23.9. The SMILES string of the molecule is C[C@@H](c1ccc(F)c(Br)c1)n1cc(-c2cc(NC(=O)CCc3ccc(N4CCCS4(=O)=O)cc3)ccc2F)nn1. The number of benzene rings is 3. The topological polar surface area (TPSA) is 97.2 Å². The molecule has 208 valence electrons. The van der Waals surface area contributed by atoms with Crippen molar-refractivity contribution in [1.29, 1.82) is 0 Å². The van der Waals surface area contributed by atoms with Crippen molar-refractivity contribution in [2.24, 2.45) is 0 Å². The van der Waals surface area contributed by atoms with Crippen LogP contribution in [0.4, 0.5) is 20.2 Å². The standard InChI is InChI=1S/C28H26BrF2N5O3S/c1-18(20-6-10-26(31)24(29)15-20)35-17-27(33-34-35)23-16-21(7-11-25(23)30)32-28(37)12-5-19-3-8-22(9-4-19)36-13-2-14-40(36,38)39/h3-4,6-11,15-18H,2,5,12-14H2,1H3,(H,32,37)/t18-/m0/s1. The smallest absolute Gasteiger partial charge is 0.235 e. The Morgan fingerprint density at radius 2 is 1.82 bits per heavy atom. The number of amides is 1. The van der Waals surface area contributed by atoms with Crippen molar-refractivity contribution in [2.75, 3.05) is 21.9 Å². The number of rotatable bonds is 8. The van der Waals surface area contributed by atoms with Gasteiger partial charge >= 0.3 is 0 Å². The first-order valence-corrected chi connectivity index (χ1v) is 15.1. The van der Waals surface area contributed by atoms with Gasteiger partial charge in [-0.25, -0.2) is 21.9 Å². The zero-order valence-electron chi connectivity index (χ0n) is 21.5. The van der Waals surface area contributed by atoms with Gasteiger partial charge in [0, 0.05) is 24.2 Å². The van der Waals surface area contributed by atoms with Crippen LogP contribution in [0.25, 0.3) is 11.3 Å². The van der Waals surface area contributed by atoms with Crippen molar-refractivity contribution in [3.8, 4) is 11.3 Å². The van der Waals surface area contributed by atoms with E-state index in [4.69, 9.17) is 0 Å². The highest BCUT2D eigenvalue weighted by molar-refractivity contribution is 9.10. The molecule has 5 rings (SSSR count). The number of nitrogens with one attached hydrogen (secondary N) is 1. The van der Waals surface area contributed by atoms with Gasteiger partial charge in [-0.3, -0.25) is 9.10 Å². The Morgan fingerprint density at radius 3 is 2.52 bits per heavy atom. The quantitative estimate of drug-likeness (QED) is 0.269. The van der Waals surface area contributed by atoms with Crippen LogP contribution in [-0.2, 0) is 21.2 Å². The number of sulfonamides is 1. The van der Waals surface area contributed by atoms with Crippen molar-refractivity contribution in [2.45, 2.75) is 32.2 Å².